The van der Waals surface area contributed by atoms with Gasteiger partial charge in [0.15, 0.2) is 0 Å². The highest BCUT2D eigenvalue weighted by molar-refractivity contribution is 5.78. The van der Waals surface area contributed by atoms with E-state index in [1.165, 1.54) is 12.8 Å². The van der Waals surface area contributed by atoms with Crippen LogP contribution in [0.5, 0.6) is 0 Å². The second kappa shape index (κ2) is 5.36. The predicted octanol–water partition coefficient (Wildman–Crippen LogP) is 1.02. The minimum Gasteiger partial charge on any atom is -0.395 e. The molecule has 98 valence electrons. The van der Waals surface area contributed by atoms with E-state index < -0.39 is 0 Å². The Kier molecular flexibility index (Phi) is 4.05. The highest BCUT2D eigenvalue weighted by atomic mass is 16.3. The van der Waals surface area contributed by atoms with Crippen LogP contribution in [0.3, 0.4) is 0 Å². The molecule has 2 aliphatic rings. The van der Waals surface area contributed by atoms with Gasteiger partial charge in [-0.2, -0.15) is 0 Å². The van der Waals surface area contributed by atoms with Crippen LogP contribution in [-0.2, 0) is 4.79 Å². The third-order valence-electron chi connectivity index (χ3n) is 4.28. The van der Waals surface area contributed by atoms with Crippen LogP contribution >= 0.6 is 0 Å². The van der Waals surface area contributed by atoms with Gasteiger partial charge in [-0.25, -0.2) is 0 Å². The lowest BCUT2D eigenvalue weighted by Gasteiger charge is -2.40. The molecule has 0 bridgehead atoms. The molecule has 4 nitrogen and oxygen atoms in total. The molecule has 1 amide bonds. The number of hydrogen-bond acceptors (Lipinski definition) is 3. The Bertz CT molecular complexity index is 271. The van der Waals surface area contributed by atoms with E-state index in [4.69, 9.17) is 10.8 Å². The number of carbonyl (C=O) groups excluding carboxylic acids is 1. The van der Waals surface area contributed by atoms with Gasteiger partial charge in [-0.1, -0.05) is 12.8 Å². The Balaban J connectivity index is 1.92. The van der Waals surface area contributed by atoms with Crippen LogP contribution in [0.15, 0.2) is 0 Å². The molecule has 0 unspecified atom stereocenters. The van der Waals surface area contributed by atoms with Crippen molar-refractivity contribution in [3.8, 4) is 0 Å². The smallest absolute Gasteiger partial charge is 0.224 e. The summed E-state index contributed by atoms with van der Waals surface area (Å²) < 4.78 is 0. The second-order valence-corrected chi connectivity index (χ2v) is 5.64. The van der Waals surface area contributed by atoms with Gasteiger partial charge in [-0.15, -0.1) is 0 Å². The van der Waals surface area contributed by atoms with E-state index in [1.54, 1.807) is 0 Å². The van der Waals surface area contributed by atoms with Gasteiger partial charge in [-0.3, -0.25) is 4.79 Å². The van der Waals surface area contributed by atoms with E-state index in [0.717, 1.165) is 32.1 Å². The molecule has 2 fully saturated rings. The summed E-state index contributed by atoms with van der Waals surface area (Å²) in [5, 5.41) is 9.09. The topological polar surface area (TPSA) is 66.6 Å². The molecular weight excluding hydrogens is 216 g/mol. The highest BCUT2D eigenvalue weighted by Gasteiger charge is 2.37. The zero-order valence-electron chi connectivity index (χ0n) is 10.5. The molecule has 0 aromatic heterocycles. The summed E-state index contributed by atoms with van der Waals surface area (Å²) in [6.45, 7) is 0.527. The maximum Gasteiger partial charge on any atom is 0.224 e. The van der Waals surface area contributed by atoms with Gasteiger partial charge >= 0.3 is 0 Å². The Hall–Kier alpha value is -0.610. The first-order valence-electron chi connectivity index (χ1n) is 6.84. The van der Waals surface area contributed by atoms with Gasteiger partial charge in [0.2, 0.25) is 5.91 Å². The van der Waals surface area contributed by atoms with Gasteiger partial charge in [0, 0.05) is 24.5 Å². The summed E-state index contributed by atoms with van der Waals surface area (Å²) in [6.07, 6.45) is 8.12. The Morgan fingerprint density at radius 2 is 1.94 bits per heavy atom. The first-order chi connectivity index (χ1) is 8.14. The number of amides is 1. The van der Waals surface area contributed by atoms with Gasteiger partial charge in [0.25, 0.3) is 0 Å². The van der Waals surface area contributed by atoms with E-state index in [0.29, 0.717) is 19.0 Å². The average Bonchev–Trinajstić information content (AvgIpc) is 2.76. The minimum absolute atomic E-state index is 0.0554. The molecule has 2 aliphatic carbocycles. The van der Waals surface area contributed by atoms with Crippen molar-refractivity contribution in [1.82, 2.24) is 4.90 Å². The van der Waals surface area contributed by atoms with Crippen LogP contribution in [0, 0.1) is 0 Å². The summed E-state index contributed by atoms with van der Waals surface area (Å²) in [6, 6.07) is 0.346. The summed E-state index contributed by atoms with van der Waals surface area (Å²) in [7, 11) is 0. The zero-order chi connectivity index (χ0) is 12.3. The summed E-state index contributed by atoms with van der Waals surface area (Å²) in [5.74, 6) is 0.146. The van der Waals surface area contributed by atoms with Crippen molar-refractivity contribution in [3.63, 3.8) is 0 Å². The summed E-state index contributed by atoms with van der Waals surface area (Å²) >= 11 is 0. The van der Waals surface area contributed by atoms with Crippen LogP contribution in [0.2, 0.25) is 0 Å². The average molecular weight is 240 g/mol. The van der Waals surface area contributed by atoms with Crippen LogP contribution in [0.25, 0.3) is 0 Å². The molecule has 0 radical (unpaired) electrons. The van der Waals surface area contributed by atoms with Crippen molar-refractivity contribution >= 4 is 5.91 Å². The summed E-state index contributed by atoms with van der Waals surface area (Å²) in [4.78, 5) is 14.1. The largest absolute Gasteiger partial charge is 0.395 e. The molecular formula is C13H24N2O2. The van der Waals surface area contributed by atoms with Crippen molar-refractivity contribution < 1.29 is 9.90 Å². The number of aliphatic hydroxyl groups is 1. The number of rotatable bonds is 5. The maximum atomic E-state index is 12.3. The molecule has 0 spiro atoms. The van der Waals surface area contributed by atoms with Gasteiger partial charge in [0.05, 0.1) is 6.61 Å². The normalized spacial score (nSPS) is 23.4. The first kappa shape index (κ1) is 12.8. The number of carbonyl (C=O) groups is 1. The van der Waals surface area contributed by atoms with Crippen molar-refractivity contribution in [3.05, 3.63) is 0 Å². The van der Waals surface area contributed by atoms with E-state index in [2.05, 4.69) is 0 Å². The Morgan fingerprint density at radius 3 is 2.41 bits per heavy atom. The standard InChI is InChI=1S/C13H24N2O2/c14-13(6-3-7-13)10-12(17)15(8-9-16)11-4-1-2-5-11/h11,16H,1-10,14H2. The fourth-order valence-electron chi connectivity index (χ4n) is 3.04. The number of aliphatic hydroxyl groups excluding tert-OH is 1. The van der Waals surface area contributed by atoms with Gasteiger partial charge in [-0.05, 0) is 32.1 Å². The molecule has 0 aromatic rings. The maximum absolute atomic E-state index is 12.3. The molecule has 0 aromatic carbocycles. The molecule has 17 heavy (non-hydrogen) atoms. The monoisotopic (exact) mass is 240 g/mol. The van der Waals surface area contributed by atoms with E-state index in [9.17, 15) is 4.79 Å². The molecule has 3 N–H and O–H groups in total. The van der Waals surface area contributed by atoms with E-state index in [-0.39, 0.29) is 18.1 Å². The van der Waals surface area contributed by atoms with Crippen LogP contribution in [0.1, 0.15) is 51.4 Å². The van der Waals surface area contributed by atoms with Gasteiger partial charge in [0.1, 0.15) is 0 Å². The molecule has 2 saturated carbocycles. The minimum atomic E-state index is -0.247. The molecule has 2 rings (SSSR count). The van der Waals surface area contributed by atoms with Crippen molar-refractivity contribution in [2.75, 3.05) is 13.2 Å². The van der Waals surface area contributed by atoms with Crippen molar-refractivity contribution in [1.29, 1.82) is 0 Å². The fraction of sp³-hybridized carbons (Fsp3) is 0.923. The lowest BCUT2D eigenvalue weighted by molar-refractivity contribution is -0.136. The lowest BCUT2D eigenvalue weighted by Crippen LogP contribution is -2.52. The quantitative estimate of drug-likeness (QED) is 0.754. The predicted molar refractivity (Wildman–Crippen MR) is 66.4 cm³/mol. The molecule has 0 saturated heterocycles. The number of hydrogen-bond donors (Lipinski definition) is 2. The van der Waals surface area contributed by atoms with Crippen LogP contribution in [-0.4, -0.2) is 40.6 Å². The van der Waals surface area contributed by atoms with Crippen LogP contribution < -0.4 is 5.73 Å². The summed E-state index contributed by atoms with van der Waals surface area (Å²) in [5.41, 5.74) is 5.88. The fourth-order valence-corrected chi connectivity index (χ4v) is 3.04. The molecule has 0 atom stereocenters. The lowest BCUT2D eigenvalue weighted by atomic mass is 9.75. The Labute approximate surface area is 103 Å². The highest BCUT2D eigenvalue weighted by Crippen LogP contribution is 2.33. The zero-order valence-corrected chi connectivity index (χ0v) is 10.5. The first-order valence-corrected chi connectivity index (χ1v) is 6.84. The Morgan fingerprint density at radius 1 is 1.29 bits per heavy atom. The van der Waals surface area contributed by atoms with E-state index >= 15 is 0 Å². The number of nitrogens with zero attached hydrogens (tertiary/aromatic N) is 1. The molecule has 0 aliphatic heterocycles. The van der Waals surface area contributed by atoms with E-state index in [1.807, 2.05) is 4.90 Å². The van der Waals surface area contributed by atoms with Crippen LogP contribution in [0.4, 0.5) is 0 Å². The SMILES string of the molecule is NC1(CC(=O)N(CCO)C2CCCC2)CCC1. The third-order valence-corrected chi connectivity index (χ3v) is 4.28. The number of nitrogens with two attached hydrogens (primary N) is 1. The van der Waals surface area contributed by atoms with Crippen molar-refractivity contribution in [2.24, 2.45) is 5.73 Å². The second-order valence-electron chi connectivity index (χ2n) is 5.64. The van der Waals surface area contributed by atoms with Gasteiger partial charge < -0.3 is 15.7 Å². The molecule has 0 heterocycles. The molecule has 4 heteroatoms. The third kappa shape index (κ3) is 2.99. The van der Waals surface area contributed by atoms with Crippen molar-refractivity contribution in [2.45, 2.75) is 62.9 Å².